The van der Waals surface area contributed by atoms with E-state index in [1.54, 1.807) is 30.9 Å². The number of sulfone groups is 1. The lowest BCUT2D eigenvalue weighted by atomic mass is 10.1. The molecule has 21 heavy (non-hydrogen) atoms. The molecular weight excluding hydrogens is 292 g/mol. The first-order chi connectivity index (χ1) is 9.81. The third-order valence-electron chi connectivity index (χ3n) is 3.35. The summed E-state index contributed by atoms with van der Waals surface area (Å²) >= 11 is 0. The fraction of sp³-hybridized carbons (Fsp3) is 0.286. The Kier molecular flexibility index (Phi) is 4.13. The zero-order chi connectivity index (χ0) is 15.6. The lowest BCUT2D eigenvalue weighted by molar-refractivity contribution is 0.0696. The van der Waals surface area contributed by atoms with Crippen LogP contribution in [0.4, 0.5) is 0 Å². The molecule has 2 rings (SSSR count). The number of aromatic nitrogens is 2. The molecule has 112 valence electrons. The molecule has 2 aromatic rings. The summed E-state index contributed by atoms with van der Waals surface area (Å²) in [5.41, 5.74) is 1.36. The second-order valence-corrected chi connectivity index (χ2v) is 6.91. The number of aromatic carboxylic acids is 1. The number of rotatable bonds is 5. The molecule has 0 aliphatic carbocycles. The van der Waals surface area contributed by atoms with E-state index in [1.165, 1.54) is 18.2 Å². The topological polar surface area (TPSA) is 89.3 Å². The summed E-state index contributed by atoms with van der Waals surface area (Å²) in [7, 11) is -1.78. The number of hydrogen-bond donors (Lipinski definition) is 1. The summed E-state index contributed by atoms with van der Waals surface area (Å²) in [4.78, 5) is 11.1. The van der Waals surface area contributed by atoms with Crippen LogP contribution in [-0.2, 0) is 23.3 Å². The highest BCUT2D eigenvalue weighted by molar-refractivity contribution is 7.91. The van der Waals surface area contributed by atoms with Crippen LogP contribution in [0.1, 0.15) is 21.6 Å². The fourth-order valence-corrected chi connectivity index (χ4v) is 3.31. The number of aryl methyl sites for hydroxylation is 3. The van der Waals surface area contributed by atoms with E-state index >= 15 is 0 Å². The summed E-state index contributed by atoms with van der Waals surface area (Å²) in [6.45, 7) is 1.63. The lowest BCUT2D eigenvalue weighted by Crippen LogP contribution is -2.12. The van der Waals surface area contributed by atoms with Gasteiger partial charge in [-0.3, -0.25) is 4.68 Å². The molecule has 0 atom stereocenters. The number of carboxylic acid groups (broad SMARTS) is 1. The van der Waals surface area contributed by atoms with E-state index in [0.717, 1.165) is 5.69 Å². The maximum atomic E-state index is 12.3. The van der Waals surface area contributed by atoms with Gasteiger partial charge in [0.1, 0.15) is 0 Å². The minimum atomic E-state index is -3.53. The summed E-state index contributed by atoms with van der Waals surface area (Å²) in [6.07, 6.45) is 1.94. The fourth-order valence-electron chi connectivity index (χ4n) is 2.03. The van der Waals surface area contributed by atoms with Crippen molar-refractivity contribution in [2.24, 2.45) is 7.05 Å². The molecular formula is C14H16N2O4S. The van der Waals surface area contributed by atoms with Crippen molar-refractivity contribution in [2.45, 2.75) is 18.2 Å². The quantitative estimate of drug-likeness (QED) is 0.903. The first-order valence-corrected chi connectivity index (χ1v) is 8.00. The van der Waals surface area contributed by atoms with E-state index in [2.05, 4.69) is 5.10 Å². The standard InChI is InChI=1S/C14H16N2O4S/c1-10-3-4-12(9-13(10)14(17)18)21(19,20)8-6-11-5-7-15-16(11)2/h3-5,7,9H,6,8H2,1-2H3,(H,17,18). The Hall–Kier alpha value is -2.15. The van der Waals surface area contributed by atoms with Crippen molar-refractivity contribution < 1.29 is 18.3 Å². The highest BCUT2D eigenvalue weighted by Crippen LogP contribution is 2.18. The average molecular weight is 308 g/mol. The molecule has 0 fully saturated rings. The van der Waals surface area contributed by atoms with Crippen molar-refractivity contribution in [1.82, 2.24) is 9.78 Å². The largest absolute Gasteiger partial charge is 0.478 e. The third-order valence-corrected chi connectivity index (χ3v) is 5.06. The third kappa shape index (κ3) is 3.30. The number of benzene rings is 1. The maximum Gasteiger partial charge on any atom is 0.335 e. The molecule has 1 aromatic heterocycles. The predicted octanol–water partition coefficient (Wildman–Crippen LogP) is 1.44. The Labute approximate surface area is 123 Å². The van der Waals surface area contributed by atoms with Gasteiger partial charge in [0, 0.05) is 25.4 Å². The van der Waals surface area contributed by atoms with Crippen LogP contribution < -0.4 is 0 Å². The molecule has 0 amide bonds. The molecule has 0 unspecified atom stereocenters. The molecule has 0 bridgehead atoms. The Balaban J connectivity index is 2.26. The second kappa shape index (κ2) is 5.69. The first kappa shape index (κ1) is 15.2. The van der Waals surface area contributed by atoms with E-state index in [9.17, 15) is 13.2 Å². The molecule has 0 spiro atoms. The van der Waals surface area contributed by atoms with Crippen molar-refractivity contribution in [3.05, 3.63) is 47.3 Å². The maximum absolute atomic E-state index is 12.3. The molecule has 6 nitrogen and oxygen atoms in total. The summed E-state index contributed by atoms with van der Waals surface area (Å²) in [5, 5.41) is 13.0. The minimum absolute atomic E-state index is 0.0107. The Bertz CT molecular complexity index is 778. The zero-order valence-corrected chi connectivity index (χ0v) is 12.6. The van der Waals surface area contributed by atoms with Crippen LogP contribution >= 0.6 is 0 Å². The number of carbonyl (C=O) groups is 1. The van der Waals surface area contributed by atoms with Crippen LogP contribution in [0.2, 0.25) is 0 Å². The average Bonchev–Trinajstić information content (AvgIpc) is 2.82. The van der Waals surface area contributed by atoms with Crippen molar-refractivity contribution >= 4 is 15.8 Å². The Morgan fingerprint density at radius 3 is 2.62 bits per heavy atom. The van der Waals surface area contributed by atoms with Crippen LogP contribution in [0.15, 0.2) is 35.4 Å². The minimum Gasteiger partial charge on any atom is -0.478 e. The normalized spacial score (nSPS) is 11.5. The Morgan fingerprint density at radius 2 is 2.05 bits per heavy atom. The number of nitrogens with zero attached hydrogens (tertiary/aromatic N) is 2. The van der Waals surface area contributed by atoms with Crippen molar-refractivity contribution in [3.63, 3.8) is 0 Å². The monoisotopic (exact) mass is 308 g/mol. The zero-order valence-electron chi connectivity index (χ0n) is 11.8. The predicted molar refractivity (Wildman–Crippen MR) is 77.1 cm³/mol. The Morgan fingerprint density at radius 1 is 1.33 bits per heavy atom. The first-order valence-electron chi connectivity index (χ1n) is 6.35. The van der Waals surface area contributed by atoms with Crippen LogP contribution in [0.5, 0.6) is 0 Å². The van der Waals surface area contributed by atoms with Gasteiger partial charge in [-0.1, -0.05) is 6.07 Å². The summed E-state index contributed by atoms with van der Waals surface area (Å²) in [6, 6.07) is 5.93. The van der Waals surface area contributed by atoms with E-state index in [0.29, 0.717) is 12.0 Å². The van der Waals surface area contributed by atoms with Gasteiger partial charge in [0.2, 0.25) is 0 Å². The van der Waals surface area contributed by atoms with Gasteiger partial charge in [-0.2, -0.15) is 5.10 Å². The van der Waals surface area contributed by atoms with E-state index in [1.807, 2.05) is 0 Å². The van der Waals surface area contributed by atoms with Crippen LogP contribution in [0.3, 0.4) is 0 Å². The van der Waals surface area contributed by atoms with Gasteiger partial charge < -0.3 is 5.11 Å². The van der Waals surface area contributed by atoms with Crippen LogP contribution in [0, 0.1) is 6.92 Å². The van der Waals surface area contributed by atoms with Crippen LogP contribution in [-0.4, -0.2) is 35.0 Å². The molecule has 0 saturated carbocycles. The molecule has 1 aromatic carbocycles. The van der Waals surface area contributed by atoms with Crippen LogP contribution in [0.25, 0.3) is 0 Å². The van der Waals surface area contributed by atoms with Gasteiger partial charge >= 0.3 is 5.97 Å². The molecule has 1 N–H and O–H groups in total. The highest BCUT2D eigenvalue weighted by Gasteiger charge is 2.18. The SMILES string of the molecule is Cc1ccc(S(=O)(=O)CCc2ccnn2C)cc1C(=O)O. The second-order valence-electron chi connectivity index (χ2n) is 4.80. The summed E-state index contributed by atoms with van der Waals surface area (Å²) < 4.78 is 26.2. The van der Waals surface area contributed by atoms with Crippen molar-refractivity contribution in [1.29, 1.82) is 0 Å². The molecule has 0 aliphatic heterocycles. The number of hydrogen-bond acceptors (Lipinski definition) is 4. The number of carboxylic acids is 1. The van der Waals surface area contributed by atoms with Gasteiger partial charge in [-0.25, -0.2) is 13.2 Å². The smallest absolute Gasteiger partial charge is 0.335 e. The van der Waals surface area contributed by atoms with Gasteiger partial charge in [0.15, 0.2) is 9.84 Å². The molecule has 1 heterocycles. The van der Waals surface area contributed by atoms with Gasteiger partial charge in [-0.15, -0.1) is 0 Å². The van der Waals surface area contributed by atoms with E-state index < -0.39 is 15.8 Å². The van der Waals surface area contributed by atoms with Gasteiger partial charge in [0.05, 0.1) is 16.2 Å². The van der Waals surface area contributed by atoms with Crippen molar-refractivity contribution in [2.75, 3.05) is 5.75 Å². The van der Waals surface area contributed by atoms with Crippen molar-refractivity contribution in [3.8, 4) is 0 Å². The van der Waals surface area contributed by atoms with Gasteiger partial charge in [0.25, 0.3) is 0 Å². The molecule has 7 heteroatoms. The molecule has 0 radical (unpaired) electrons. The lowest BCUT2D eigenvalue weighted by Gasteiger charge is -2.07. The van der Waals surface area contributed by atoms with Gasteiger partial charge in [-0.05, 0) is 30.7 Å². The highest BCUT2D eigenvalue weighted by atomic mass is 32.2. The van der Waals surface area contributed by atoms with E-state index in [4.69, 9.17) is 5.11 Å². The molecule has 0 aliphatic rings. The molecule has 0 saturated heterocycles. The van der Waals surface area contributed by atoms with E-state index in [-0.39, 0.29) is 16.2 Å². The summed E-state index contributed by atoms with van der Waals surface area (Å²) in [5.74, 6) is -1.22.